The van der Waals surface area contributed by atoms with Gasteiger partial charge in [0, 0.05) is 25.1 Å². The van der Waals surface area contributed by atoms with Gasteiger partial charge < -0.3 is 10.3 Å². The fourth-order valence-corrected chi connectivity index (χ4v) is 3.90. The van der Waals surface area contributed by atoms with E-state index < -0.39 is 0 Å². The summed E-state index contributed by atoms with van der Waals surface area (Å²) in [6.07, 6.45) is 0.826. The molecule has 2 heterocycles. The van der Waals surface area contributed by atoms with Crippen LogP contribution in [0, 0.1) is 6.92 Å². The maximum Gasteiger partial charge on any atom is 0.117 e. The highest BCUT2D eigenvalue weighted by Gasteiger charge is 2.13. The quantitative estimate of drug-likeness (QED) is 0.361. The molecule has 0 amide bonds. The summed E-state index contributed by atoms with van der Waals surface area (Å²) < 4.78 is 0. The van der Waals surface area contributed by atoms with Gasteiger partial charge in [0.2, 0.25) is 0 Å². The average molecular weight is 423 g/mol. The fourth-order valence-electron chi connectivity index (χ4n) is 3.90. The Balaban J connectivity index is 1.29. The average Bonchev–Trinajstić information content (AvgIpc) is 3.41. The topological polar surface area (TPSA) is 71.4 Å². The van der Waals surface area contributed by atoms with Gasteiger partial charge in [0.1, 0.15) is 17.2 Å². The monoisotopic (exact) mass is 422 g/mol. The molecule has 6 heteroatoms. The molecular formula is C26H26N6. The number of hydrogen-bond donors (Lipinski definition) is 2. The third kappa shape index (κ3) is 4.60. The number of aromatic nitrogens is 5. The number of imidazole rings is 1. The van der Waals surface area contributed by atoms with Crippen molar-refractivity contribution in [3.8, 4) is 11.3 Å². The van der Waals surface area contributed by atoms with Crippen LogP contribution in [0.5, 0.6) is 0 Å². The van der Waals surface area contributed by atoms with Gasteiger partial charge in [0.05, 0.1) is 17.6 Å². The van der Waals surface area contributed by atoms with Crippen LogP contribution in [0.15, 0.2) is 78.9 Å². The van der Waals surface area contributed by atoms with Crippen molar-refractivity contribution < 1.29 is 0 Å². The molecule has 0 saturated carbocycles. The molecule has 0 aliphatic heterocycles. The zero-order valence-electron chi connectivity index (χ0n) is 18.1. The molecule has 5 aromatic rings. The van der Waals surface area contributed by atoms with Crippen LogP contribution in [0.3, 0.4) is 0 Å². The lowest BCUT2D eigenvalue weighted by Gasteiger charge is -2.03. The summed E-state index contributed by atoms with van der Waals surface area (Å²) in [6, 6.07) is 26.8. The van der Waals surface area contributed by atoms with Gasteiger partial charge in [-0.15, -0.1) is 0 Å². The summed E-state index contributed by atoms with van der Waals surface area (Å²) in [6.45, 7) is 4.21. The van der Waals surface area contributed by atoms with Crippen molar-refractivity contribution in [2.24, 2.45) is 0 Å². The van der Waals surface area contributed by atoms with Gasteiger partial charge in [-0.25, -0.2) is 4.98 Å². The Labute approximate surface area is 187 Å². The number of aryl methyl sites for hydroxylation is 1. The molecule has 0 radical (unpaired) electrons. The standard InChI is InChI=1S/C26H26N6/c1-19-8-7-9-20(16-19)18-32-30-24(26(31-32)21-10-3-2-4-11-21)17-27-15-14-25-28-22-12-5-6-13-23(22)29-25/h2-13,16,27H,14-15,17-18H2,1H3,(H,28,29). The van der Waals surface area contributed by atoms with Gasteiger partial charge in [-0.3, -0.25) is 0 Å². The van der Waals surface area contributed by atoms with E-state index in [2.05, 4.69) is 64.7 Å². The second-order valence-corrected chi connectivity index (χ2v) is 8.01. The summed E-state index contributed by atoms with van der Waals surface area (Å²) in [5.74, 6) is 0.991. The molecule has 0 bridgehead atoms. The zero-order valence-corrected chi connectivity index (χ0v) is 18.1. The molecule has 0 fully saturated rings. The first kappa shape index (κ1) is 20.2. The third-order valence-corrected chi connectivity index (χ3v) is 5.45. The molecule has 2 N–H and O–H groups in total. The second-order valence-electron chi connectivity index (χ2n) is 8.01. The number of benzene rings is 3. The van der Waals surface area contributed by atoms with Crippen molar-refractivity contribution in [2.45, 2.75) is 26.4 Å². The minimum Gasteiger partial charge on any atom is -0.342 e. The van der Waals surface area contributed by atoms with Crippen LogP contribution in [0.25, 0.3) is 22.3 Å². The Morgan fingerprint density at radius 2 is 1.75 bits per heavy atom. The molecule has 5 rings (SSSR count). The van der Waals surface area contributed by atoms with Crippen molar-refractivity contribution in [1.29, 1.82) is 0 Å². The Hall–Kier alpha value is -3.77. The van der Waals surface area contributed by atoms with Crippen LogP contribution in [0.4, 0.5) is 0 Å². The number of para-hydroxylation sites is 2. The number of rotatable bonds is 8. The summed E-state index contributed by atoms with van der Waals surface area (Å²) in [5, 5.41) is 13.1. The normalized spacial score (nSPS) is 11.3. The van der Waals surface area contributed by atoms with Crippen molar-refractivity contribution >= 4 is 11.0 Å². The number of aromatic amines is 1. The lowest BCUT2D eigenvalue weighted by Crippen LogP contribution is -2.18. The molecule has 6 nitrogen and oxygen atoms in total. The van der Waals surface area contributed by atoms with E-state index in [4.69, 9.17) is 10.2 Å². The molecule has 160 valence electrons. The molecule has 3 aromatic carbocycles. The lowest BCUT2D eigenvalue weighted by atomic mass is 10.1. The molecule has 32 heavy (non-hydrogen) atoms. The first-order chi connectivity index (χ1) is 15.7. The Bertz CT molecular complexity index is 1290. The predicted molar refractivity (Wildman–Crippen MR) is 127 cm³/mol. The van der Waals surface area contributed by atoms with Crippen LogP contribution in [-0.4, -0.2) is 31.5 Å². The van der Waals surface area contributed by atoms with E-state index in [1.54, 1.807) is 4.80 Å². The SMILES string of the molecule is Cc1cccc(Cn2nc(CNCCc3nc4ccccc4[nH]3)c(-c3ccccc3)n2)c1. The van der Waals surface area contributed by atoms with Crippen LogP contribution in [0.1, 0.15) is 22.6 Å². The predicted octanol–water partition coefficient (Wildman–Crippen LogP) is 4.51. The van der Waals surface area contributed by atoms with Crippen LogP contribution in [-0.2, 0) is 19.5 Å². The summed E-state index contributed by atoms with van der Waals surface area (Å²) in [4.78, 5) is 9.84. The highest BCUT2D eigenvalue weighted by Crippen LogP contribution is 2.20. The van der Waals surface area contributed by atoms with Crippen molar-refractivity contribution in [3.63, 3.8) is 0 Å². The Morgan fingerprint density at radius 3 is 2.59 bits per heavy atom. The van der Waals surface area contributed by atoms with Crippen molar-refractivity contribution in [1.82, 2.24) is 30.3 Å². The summed E-state index contributed by atoms with van der Waals surface area (Å²) >= 11 is 0. The maximum absolute atomic E-state index is 4.82. The van der Waals surface area contributed by atoms with E-state index >= 15 is 0 Å². The number of nitrogens with zero attached hydrogens (tertiary/aromatic N) is 4. The van der Waals surface area contributed by atoms with Gasteiger partial charge in [-0.2, -0.15) is 15.0 Å². The first-order valence-electron chi connectivity index (χ1n) is 10.9. The highest BCUT2D eigenvalue weighted by atomic mass is 15.5. The fraction of sp³-hybridized carbons (Fsp3) is 0.192. The second kappa shape index (κ2) is 9.16. The number of fused-ring (bicyclic) bond motifs is 1. The maximum atomic E-state index is 4.82. The Kier molecular flexibility index (Phi) is 5.77. The number of nitrogens with one attached hydrogen (secondary N) is 2. The molecule has 0 atom stereocenters. The molecule has 0 unspecified atom stereocenters. The highest BCUT2D eigenvalue weighted by molar-refractivity contribution is 5.74. The van der Waals surface area contributed by atoms with Crippen LogP contribution in [0.2, 0.25) is 0 Å². The van der Waals surface area contributed by atoms with E-state index in [1.807, 2.05) is 36.4 Å². The van der Waals surface area contributed by atoms with E-state index in [0.717, 1.165) is 46.8 Å². The minimum absolute atomic E-state index is 0.651. The molecule has 0 aliphatic carbocycles. The van der Waals surface area contributed by atoms with E-state index in [1.165, 1.54) is 11.1 Å². The van der Waals surface area contributed by atoms with Gasteiger partial charge in [0.25, 0.3) is 0 Å². The van der Waals surface area contributed by atoms with Crippen molar-refractivity contribution in [3.05, 3.63) is 102 Å². The largest absolute Gasteiger partial charge is 0.342 e. The van der Waals surface area contributed by atoms with E-state index in [0.29, 0.717) is 13.1 Å². The smallest absolute Gasteiger partial charge is 0.117 e. The van der Waals surface area contributed by atoms with Crippen molar-refractivity contribution in [2.75, 3.05) is 6.54 Å². The van der Waals surface area contributed by atoms with Crippen LogP contribution < -0.4 is 5.32 Å². The molecule has 2 aromatic heterocycles. The first-order valence-corrected chi connectivity index (χ1v) is 10.9. The molecular weight excluding hydrogens is 396 g/mol. The summed E-state index contributed by atoms with van der Waals surface area (Å²) in [5.41, 5.74) is 7.48. The summed E-state index contributed by atoms with van der Waals surface area (Å²) in [7, 11) is 0. The van der Waals surface area contributed by atoms with Gasteiger partial charge in [0.15, 0.2) is 0 Å². The number of hydrogen-bond acceptors (Lipinski definition) is 4. The van der Waals surface area contributed by atoms with Gasteiger partial charge in [-0.1, -0.05) is 72.3 Å². The lowest BCUT2D eigenvalue weighted by molar-refractivity contribution is 0.576. The number of H-pyrrole nitrogens is 1. The Morgan fingerprint density at radius 1 is 0.906 bits per heavy atom. The zero-order chi connectivity index (χ0) is 21.8. The van der Waals surface area contributed by atoms with Crippen LogP contribution >= 0.6 is 0 Å². The van der Waals surface area contributed by atoms with Gasteiger partial charge >= 0.3 is 0 Å². The molecule has 0 saturated heterocycles. The molecule has 0 aliphatic rings. The van der Waals surface area contributed by atoms with Gasteiger partial charge in [-0.05, 0) is 24.6 Å². The van der Waals surface area contributed by atoms with E-state index in [-0.39, 0.29) is 0 Å². The van der Waals surface area contributed by atoms with E-state index in [9.17, 15) is 0 Å². The third-order valence-electron chi connectivity index (χ3n) is 5.45. The molecule has 0 spiro atoms. The minimum atomic E-state index is 0.651.